The van der Waals surface area contributed by atoms with E-state index >= 15 is 0 Å². The number of amides is 1. The molecule has 2 heterocycles. The van der Waals surface area contributed by atoms with Gasteiger partial charge in [0.25, 0.3) is 5.88 Å². The highest BCUT2D eigenvalue weighted by Crippen LogP contribution is 2.28. The molecule has 0 aliphatic carbocycles. The smallest absolute Gasteiger partial charge is 0.410 e. The molecule has 27 heavy (non-hydrogen) atoms. The summed E-state index contributed by atoms with van der Waals surface area (Å²) in [7, 11) is 0. The first-order valence-corrected chi connectivity index (χ1v) is 9.37. The molecule has 1 aromatic rings. The number of rotatable bonds is 6. The number of aliphatic carboxylic acids is 1. The van der Waals surface area contributed by atoms with E-state index in [-0.39, 0.29) is 12.0 Å². The maximum absolute atomic E-state index is 12.1. The number of carbonyl (C=O) groups excluding carboxylic acids is 1. The van der Waals surface area contributed by atoms with E-state index in [0.717, 1.165) is 12.8 Å². The number of hydrogen-bond acceptors (Lipinski definition) is 6. The zero-order valence-electron chi connectivity index (χ0n) is 16.7. The molecule has 2 rings (SSSR count). The quantitative estimate of drug-likeness (QED) is 0.803. The van der Waals surface area contributed by atoms with Gasteiger partial charge in [-0.3, -0.25) is 4.79 Å². The summed E-state index contributed by atoms with van der Waals surface area (Å²) in [6.45, 7) is 10.9. The molecule has 1 aliphatic heterocycles. The molecule has 0 radical (unpaired) electrons. The first-order valence-electron chi connectivity index (χ1n) is 9.37. The summed E-state index contributed by atoms with van der Waals surface area (Å²) in [5.74, 6) is -0.905. The summed E-state index contributed by atoms with van der Waals surface area (Å²) in [5.41, 5.74) is -0.495. The summed E-state index contributed by atoms with van der Waals surface area (Å²) >= 11 is 0. The first-order chi connectivity index (χ1) is 12.6. The summed E-state index contributed by atoms with van der Waals surface area (Å²) in [4.78, 5) is 25.2. The van der Waals surface area contributed by atoms with E-state index in [0.29, 0.717) is 37.3 Å². The molecular weight excluding hydrogens is 352 g/mol. The number of likely N-dealkylation sites (tertiary alicyclic amines) is 1. The molecule has 1 aromatic heterocycles. The monoisotopic (exact) mass is 382 g/mol. The Morgan fingerprint density at radius 2 is 1.96 bits per heavy atom. The second kappa shape index (κ2) is 8.63. The molecule has 0 aromatic carbocycles. The van der Waals surface area contributed by atoms with Crippen LogP contribution in [-0.4, -0.2) is 52.5 Å². The molecule has 0 spiro atoms. The van der Waals surface area contributed by atoms with E-state index in [4.69, 9.17) is 14.0 Å². The van der Waals surface area contributed by atoms with Crippen LogP contribution in [0.15, 0.2) is 10.6 Å². The molecule has 1 amide bonds. The summed E-state index contributed by atoms with van der Waals surface area (Å²) in [6, 6.07) is 1.55. The van der Waals surface area contributed by atoms with Gasteiger partial charge in [-0.25, -0.2) is 4.79 Å². The summed E-state index contributed by atoms with van der Waals surface area (Å²) < 4.78 is 16.2. The van der Waals surface area contributed by atoms with Crippen LogP contribution in [0, 0.1) is 11.8 Å². The van der Waals surface area contributed by atoms with Gasteiger partial charge in [0.1, 0.15) is 11.5 Å². The minimum absolute atomic E-state index is 0.111. The van der Waals surface area contributed by atoms with Crippen molar-refractivity contribution < 1.29 is 28.7 Å². The van der Waals surface area contributed by atoms with Gasteiger partial charge >= 0.3 is 12.1 Å². The third-order valence-corrected chi connectivity index (χ3v) is 4.48. The van der Waals surface area contributed by atoms with Gasteiger partial charge in [-0.1, -0.05) is 13.8 Å². The van der Waals surface area contributed by atoms with E-state index < -0.39 is 17.5 Å². The minimum atomic E-state index is -0.942. The fourth-order valence-corrected chi connectivity index (χ4v) is 3.03. The van der Waals surface area contributed by atoms with Crippen molar-refractivity contribution in [1.82, 2.24) is 10.1 Å². The first kappa shape index (κ1) is 21.1. The molecule has 0 saturated carbocycles. The molecule has 1 atom stereocenters. The van der Waals surface area contributed by atoms with Crippen LogP contribution in [0.25, 0.3) is 0 Å². The van der Waals surface area contributed by atoms with E-state index in [2.05, 4.69) is 5.16 Å². The zero-order chi connectivity index (χ0) is 20.2. The fourth-order valence-electron chi connectivity index (χ4n) is 3.03. The Morgan fingerprint density at radius 3 is 2.48 bits per heavy atom. The molecule has 8 heteroatoms. The highest BCUT2D eigenvalue weighted by atomic mass is 16.6. The number of carbonyl (C=O) groups is 2. The van der Waals surface area contributed by atoms with Gasteiger partial charge in [-0.2, -0.15) is 0 Å². The molecule has 152 valence electrons. The topological polar surface area (TPSA) is 102 Å². The maximum Gasteiger partial charge on any atom is 0.410 e. The lowest BCUT2D eigenvalue weighted by Gasteiger charge is -2.33. The number of carboxylic acid groups (broad SMARTS) is 1. The lowest BCUT2D eigenvalue weighted by atomic mass is 9.93. The second-order valence-electron chi connectivity index (χ2n) is 8.35. The van der Waals surface area contributed by atoms with Gasteiger partial charge in [0, 0.05) is 19.2 Å². The van der Waals surface area contributed by atoms with Crippen molar-refractivity contribution in [2.75, 3.05) is 19.7 Å². The Hall–Kier alpha value is -2.25. The van der Waals surface area contributed by atoms with Gasteiger partial charge in [-0.05, 0) is 50.6 Å². The normalized spacial score (nSPS) is 17.0. The summed E-state index contributed by atoms with van der Waals surface area (Å²) in [6.07, 6.45) is 1.35. The van der Waals surface area contributed by atoms with Crippen molar-refractivity contribution in [2.24, 2.45) is 11.8 Å². The van der Waals surface area contributed by atoms with Gasteiger partial charge in [0.15, 0.2) is 5.76 Å². The Balaban J connectivity index is 1.80. The fraction of sp³-hybridized carbons (Fsp3) is 0.737. The van der Waals surface area contributed by atoms with Crippen molar-refractivity contribution in [2.45, 2.75) is 59.0 Å². The van der Waals surface area contributed by atoms with Gasteiger partial charge in [0.05, 0.1) is 6.61 Å². The Kier molecular flexibility index (Phi) is 6.73. The zero-order valence-corrected chi connectivity index (χ0v) is 16.7. The Labute approximate surface area is 159 Å². The van der Waals surface area contributed by atoms with Gasteiger partial charge < -0.3 is 24.0 Å². The summed E-state index contributed by atoms with van der Waals surface area (Å²) in [5, 5.41) is 13.1. The number of hydrogen-bond donors (Lipinski definition) is 1. The van der Waals surface area contributed by atoms with E-state index in [1.54, 1.807) is 11.0 Å². The van der Waals surface area contributed by atoms with Crippen molar-refractivity contribution >= 4 is 12.1 Å². The second-order valence-corrected chi connectivity index (χ2v) is 8.35. The van der Waals surface area contributed by atoms with E-state index in [1.165, 1.54) is 0 Å². The van der Waals surface area contributed by atoms with Crippen LogP contribution < -0.4 is 4.74 Å². The largest absolute Gasteiger partial charge is 0.481 e. The van der Waals surface area contributed by atoms with Crippen LogP contribution in [0.2, 0.25) is 0 Å². The molecule has 1 saturated heterocycles. The van der Waals surface area contributed by atoms with Gasteiger partial charge in [-0.15, -0.1) is 0 Å². The average molecular weight is 382 g/mol. The van der Waals surface area contributed by atoms with Crippen LogP contribution in [0.3, 0.4) is 0 Å². The third kappa shape index (κ3) is 6.15. The van der Waals surface area contributed by atoms with Crippen molar-refractivity contribution in [3.63, 3.8) is 0 Å². The SMILES string of the molecule is CC(C)C(C(=O)O)c1cc(OCC2CCN(C(=O)OC(C)(C)C)CC2)no1. The predicted molar refractivity (Wildman–Crippen MR) is 97.7 cm³/mol. The number of nitrogens with zero attached hydrogens (tertiary/aromatic N) is 2. The number of carboxylic acids is 1. The predicted octanol–water partition coefficient (Wildman–Crippen LogP) is 3.52. The molecule has 1 aliphatic rings. The van der Waals surface area contributed by atoms with Crippen LogP contribution in [-0.2, 0) is 9.53 Å². The highest BCUT2D eigenvalue weighted by Gasteiger charge is 2.29. The van der Waals surface area contributed by atoms with Crippen LogP contribution in [0.5, 0.6) is 5.88 Å². The lowest BCUT2D eigenvalue weighted by molar-refractivity contribution is -0.140. The lowest BCUT2D eigenvalue weighted by Crippen LogP contribution is -2.42. The van der Waals surface area contributed by atoms with Gasteiger partial charge in [0.2, 0.25) is 0 Å². The van der Waals surface area contributed by atoms with Crippen LogP contribution >= 0.6 is 0 Å². The average Bonchev–Trinajstić information content (AvgIpc) is 2.99. The third-order valence-electron chi connectivity index (χ3n) is 4.48. The van der Waals surface area contributed by atoms with E-state index in [1.807, 2.05) is 34.6 Å². The minimum Gasteiger partial charge on any atom is -0.481 e. The highest BCUT2D eigenvalue weighted by molar-refractivity contribution is 5.75. The van der Waals surface area contributed by atoms with Crippen LogP contribution in [0.1, 0.15) is 59.1 Å². The van der Waals surface area contributed by atoms with Crippen molar-refractivity contribution in [3.8, 4) is 5.88 Å². The van der Waals surface area contributed by atoms with E-state index in [9.17, 15) is 14.7 Å². The molecule has 8 nitrogen and oxygen atoms in total. The Morgan fingerprint density at radius 1 is 1.33 bits per heavy atom. The molecule has 0 bridgehead atoms. The van der Waals surface area contributed by atoms with Crippen LogP contribution in [0.4, 0.5) is 4.79 Å². The molecule has 1 N–H and O–H groups in total. The number of ether oxygens (including phenoxy) is 2. The maximum atomic E-state index is 12.1. The standard InChI is InChI=1S/C19H30N2O6/c1-12(2)16(17(22)23)14-10-15(20-27-14)25-11-13-6-8-21(9-7-13)18(24)26-19(3,4)5/h10,12-13,16H,6-9,11H2,1-5H3,(H,22,23). The van der Waals surface area contributed by atoms with Crippen molar-refractivity contribution in [3.05, 3.63) is 11.8 Å². The number of aromatic nitrogens is 1. The molecule has 1 fully saturated rings. The number of piperidine rings is 1. The Bertz CT molecular complexity index is 641. The molecular formula is C19H30N2O6. The molecule has 1 unspecified atom stereocenters. The van der Waals surface area contributed by atoms with Crippen molar-refractivity contribution in [1.29, 1.82) is 0 Å².